The van der Waals surface area contributed by atoms with E-state index >= 15 is 0 Å². The number of carbonyl (C=O) groups is 3. The first-order chi connectivity index (χ1) is 12.9. The predicted octanol–water partition coefficient (Wildman–Crippen LogP) is 3.19. The number of likely N-dealkylation sites (tertiary alicyclic amines) is 1. The van der Waals surface area contributed by atoms with E-state index in [0.717, 1.165) is 5.56 Å². The summed E-state index contributed by atoms with van der Waals surface area (Å²) in [6.45, 7) is -2.72. The second kappa shape index (κ2) is 7.94. The Morgan fingerprint density at radius 3 is 2.15 bits per heavy atom. The van der Waals surface area contributed by atoms with Crippen molar-refractivity contribution in [2.24, 2.45) is 0 Å². The average molecular weight is 374 g/mol. The molecule has 3 rings (SSSR count). The number of amides is 3. The molecule has 1 aliphatic rings. The van der Waals surface area contributed by atoms with E-state index in [-0.39, 0.29) is 42.9 Å². The molecule has 0 bridgehead atoms. The van der Waals surface area contributed by atoms with Crippen LogP contribution in [0.3, 0.4) is 0 Å². The first-order valence-electron chi connectivity index (χ1n) is 8.21. The molecular weight excluding hydrogens is 358 g/mol. The molecule has 8 heteroatoms. The lowest BCUT2D eigenvalue weighted by molar-refractivity contribution is -0.139. The van der Waals surface area contributed by atoms with Crippen molar-refractivity contribution in [1.29, 1.82) is 0 Å². The molecule has 0 spiro atoms. The summed E-state index contributed by atoms with van der Waals surface area (Å²) < 4.78 is 28.5. The maximum Gasteiger partial charge on any atom is 0.387 e. The molecule has 1 N–H and O–H groups in total. The van der Waals surface area contributed by atoms with Gasteiger partial charge in [0.15, 0.2) is 0 Å². The fraction of sp³-hybridized carbons (Fsp3) is 0.211. The molecule has 1 heterocycles. The highest BCUT2D eigenvalue weighted by Gasteiger charge is 2.28. The number of nitrogens with one attached hydrogen (secondary N) is 1. The third-order valence-electron chi connectivity index (χ3n) is 4.05. The fourth-order valence-electron chi connectivity index (χ4n) is 2.67. The first-order valence-corrected chi connectivity index (χ1v) is 8.21. The van der Waals surface area contributed by atoms with Crippen molar-refractivity contribution < 1.29 is 27.9 Å². The lowest BCUT2D eigenvalue weighted by Gasteiger charge is -2.14. The third kappa shape index (κ3) is 4.66. The van der Waals surface area contributed by atoms with Crippen molar-refractivity contribution in [3.05, 3.63) is 59.7 Å². The summed E-state index contributed by atoms with van der Waals surface area (Å²) in [5.41, 5.74) is 1.55. The number of nitrogens with zero attached hydrogens (tertiary/aromatic N) is 1. The Morgan fingerprint density at radius 2 is 1.59 bits per heavy atom. The first kappa shape index (κ1) is 18.5. The van der Waals surface area contributed by atoms with Crippen LogP contribution < -0.4 is 10.1 Å². The van der Waals surface area contributed by atoms with Crippen molar-refractivity contribution in [3.8, 4) is 5.75 Å². The van der Waals surface area contributed by atoms with Gasteiger partial charge in [0.25, 0.3) is 5.91 Å². The van der Waals surface area contributed by atoms with Crippen LogP contribution in [0.25, 0.3) is 0 Å². The van der Waals surface area contributed by atoms with Gasteiger partial charge in [-0.25, -0.2) is 0 Å². The highest BCUT2D eigenvalue weighted by Crippen LogP contribution is 2.19. The van der Waals surface area contributed by atoms with Crippen LogP contribution in [0.2, 0.25) is 0 Å². The molecule has 2 aromatic carbocycles. The van der Waals surface area contributed by atoms with Gasteiger partial charge in [0.2, 0.25) is 11.8 Å². The summed E-state index contributed by atoms with van der Waals surface area (Å²) in [4.78, 5) is 36.7. The van der Waals surface area contributed by atoms with Crippen LogP contribution in [-0.2, 0) is 16.1 Å². The Hall–Kier alpha value is -3.29. The van der Waals surface area contributed by atoms with E-state index in [4.69, 9.17) is 0 Å². The average Bonchev–Trinajstić information content (AvgIpc) is 2.95. The number of halogens is 2. The summed E-state index contributed by atoms with van der Waals surface area (Å²) in [5, 5.41) is 2.64. The molecule has 0 saturated carbocycles. The number of rotatable bonds is 6. The number of ether oxygens (including phenoxy) is 1. The quantitative estimate of drug-likeness (QED) is 0.788. The molecule has 27 heavy (non-hydrogen) atoms. The number of imide groups is 1. The standard InChI is InChI=1S/C19H16F2N2O4/c20-19(21)27-15-7-5-14(6-8-15)22-18(26)13-3-1-12(2-4-13)11-23-16(24)9-10-17(23)25/h1-8,19H,9-11H2,(H,22,26). The van der Waals surface area contributed by atoms with Gasteiger partial charge < -0.3 is 10.1 Å². The van der Waals surface area contributed by atoms with Crippen LogP contribution in [0.15, 0.2) is 48.5 Å². The van der Waals surface area contributed by atoms with E-state index < -0.39 is 6.61 Å². The Kier molecular flexibility index (Phi) is 5.44. The molecule has 3 amide bonds. The number of carbonyl (C=O) groups excluding carboxylic acids is 3. The highest BCUT2D eigenvalue weighted by molar-refractivity contribution is 6.04. The molecule has 2 aromatic rings. The number of hydrogen-bond acceptors (Lipinski definition) is 4. The molecule has 0 aliphatic carbocycles. The second-order valence-electron chi connectivity index (χ2n) is 5.93. The van der Waals surface area contributed by atoms with Gasteiger partial charge in [-0.05, 0) is 42.0 Å². The summed E-state index contributed by atoms with van der Waals surface area (Å²) >= 11 is 0. The fourth-order valence-corrected chi connectivity index (χ4v) is 2.67. The maximum atomic E-state index is 12.3. The highest BCUT2D eigenvalue weighted by atomic mass is 19.3. The molecule has 0 aromatic heterocycles. The minimum absolute atomic E-state index is 0.00152. The van der Waals surface area contributed by atoms with Crippen molar-refractivity contribution >= 4 is 23.4 Å². The van der Waals surface area contributed by atoms with Gasteiger partial charge in [-0.2, -0.15) is 8.78 Å². The zero-order chi connectivity index (χ0) is 19.4. The summed E-state index contributed by atoms with van der Waals surface area (Å²) in [6.07, 6.45) is 0.473. The van der Waals surface area contributed by atoms with Crippen LogP contribution in [-0.4, -0.2) is 29.2 Å². The van der Waals surface area contributed by atoms with Crippen LogP contribution in [0.4, 0.5) is 14.5 Å². The SMILES string of the molecule is O=C(Nc1ccc(OC(F)F)cc1)c1ccc(CN2C(=O)CCC2=O)cc1. The Balaban J connectivity index is 1.60. The maximum absolute atomic E-state index is 12.3. The van der Waals surface area contributed by atoms with Gasteiger partial charge in [-0.3, -0.25) is 19.3 Å². The van der Waals surface area contributed by atoms with Crippen molar-refractivity contribution in [2.45, 2.75) is 26.0 Å². The molecule has 6 nitrogen and oxygen atoms in total. The van der Waals surface area contributed by atoms with Crippen LogP contribution >= 0.6 is 0 Å². The van der Waals surface area contributed by atoms with Gasteiger partial charge in [0, 0.05) is 24.1 Å². The molecule has 1 aliphatic heterocycles. The number of benzene rings is 2. The lowest BCUT2D eigenvalue weighted by Crippen LogP contribution is -2.28. The van der Waals surface area contributed by atoms with E-state index in [2.05, 4.69) is 10.1 Å². The summed E-state index contributed by atoms with van der Waals surface area (Å²) in [5.74, 6) is -0.766. The topological polar surface area (TPSA) is 75.7 Å². The van der Waals surface area contributed by atoms with Crippen molar-refractivity contribution in [2.75, 3.05) is 5.32 Å². The summed E-state index contributed by atoms with van der Waals surface area (Å²) in [7, 11) is 0. The smallest absolute Gasteiger partial charge is 0.387 e. The van der Waals surface area contributed by atoms with Gasteiger partial charge in [-0.15, -0.1) is 0 Å². The lowest BCUT2D eigenvalue weighted by atomic mass is 10.1. The largest absolute Gasteiger partial charge is 0.435 e. The van der Waals surface area contributed by atoms with E-state index in [9.17, 15) is 23.2 Å². The number of anilines is 1. The molecule has 0 radical (unpaired) electrons. The van der Waals surface area contributed by atoms with Gasteiger partial charge in [0.05, 0.1) is 6.54 Å². The minimum atomic E-state index is -2.91. The molecule has 140 valence electrons. The zero-order valence-corrected chi connectivity index (χ0v) is 14.2. The van der Waals surface area contributed by atoms with Gasteiger partial charge in [-0.1, -0.05) is 12.1 Å². The van der Waals surface area contributed by atoms with Crippen LogP contribution in [0.5, 0.6) is 5.75 Å². The van der Waals surface area contributed by atoms with Crippen LogP contribution in [0.1, 0.15) is 28.8 Å². The normalized spacial score (nSPS) is 14.0. The van der Waals surface area contributed by atoms with Gasteiger partial charge in [0.1, 0.15) is 5.75 Å². The van der Waals surface area contributed by atoms with E-state index in [1.165, 1.54) is 29.2 Å². The predicted molar refractivity (Wildman–Crippen MR) is 92.3 cm³/mol. The minimum Gasteiger partial charge on any atom is -0.435 e. The van der Waals surface area contributed by atoms with E-state index in [0.29, 0.717) is 11.3 Å². The zero-order valence-electron chi connectivity index (χ0n) is 14.2. The van der Waals surface area contributed by atoms with Crippen molar-refractivity contribution in [3.63, 3.8) is 0 Å². The molecule has 1 saturated heterocycles. The monoisotopic (exact) mass is 374 g/mol. The third-order valence-corrected chi connectivity index (χ3v) is 4.05. The van der Waals surface area contributed by atoms with E-state index in [1.54, 1.807) is 24.3 Å². The van der Waals surface area contributed by atoms with Gasteiger partial charge >= 0.3 is 6.61 Å². The molecule has 1 fully saturated rings. The molecule has 0 unspecified atom stereocenters. The molecular formula is C19H16F2N2O4. The Morgan fingerprint density at radius 1 is 1.00 bits per heavy atom. The summed E-state index contributed by atoms with van der Waals surface area (Å²) in [6, 6.07) is 12.1. The number of hydrogen-bond donors (Lipinski definition) is 1. The van der Waals surface area contributed by atoms with E-state index in [1.807, 2.05) is 0 Å². The van der Waals surface area contributed by atoms with Crippen molar-refractivity contribution in [1.82, 2.24) is 4.90 Å². The number of alkyl halides is 2. The Labute approximate surface area is 153 Å². The van der Waals surface area contributed by atoms with Crippen LogP contribution in [0, 0.1) is 0 Å². The second-order valence-corrected chi connectivity index (χ2v) is 5.93. The Bertz CT molecular complexity index is 835. The molecule has 0 atom stereocenters.